The number of ether oxygens (including phenoxy) is 3. The summed E-state index contributed by atoms with van der Waals surface area (Å²) in [7, 11) is 1.30. The molecule has 0 radical (unpaired) electrons. The van der Waals surface area contributed by atoms with Crippen molar-refractivity contribution in [3.05, 3.63) is 35.9 Å². The van der Waals surface area contributed by atoms with Gasteiger partial charge in [0.05, 0.1) is 19.8 Å². The van der Waals surface area contributed by atoms with Crippen LogP contribution in [0.15, 0.2) is 30.3 Å². The summed E-state index contributed by atoms with van der Waals surface area (Å²) in [5.74, 6) is -0.519. The quantitative estimate of drug-likeness (QED) is 0.465. The number of methoxy groups -OCH3 is 1. The van der Waals surface area contributed by atoms with Gasteiger partial charge >= 0.3 is 5.97 Å². The standard InChI is InChI=1S/C14H17IO5/c1-18-14(17)13-12(11(16)10(7-15)20-13)19-8-9-5-3-2-4-6-9/h2-6,10-13,16H,7-8H2,1H3/t10-,11-,12+,13-/m1/s1. The maximum atomic E-state index is 11.7. The summed E-state index contributed by atoms with van der Waals surface area (Å²) in [6.07, 6.45) is -2.83. The van der Waals surface area contributed by atoms with Gasteiger partial charge in [-0.05, 0) is 5.56 Å². The van der Waals surface area contributed by atoms with E-state index < -0.39 is 30.4 Å². The molecule has 20 heavy (non-hydrogen) atoms. The van der Waals surface area contributed by atoms with Crippen molar-refractivity contribution in [2.45, 2.75) is 31.0 Å². The number of carbonyl (C=O) groups is 1. The molecule has 0 unspecified atom stereocenters. The number of rotatable bonds is 5. The van der Waals surface area contributed by atoms with Crippen molar-refractivity contribution in [1.82, 2.24) is 0 Å². The minimum atomic E-state index is -0.876. The molecule has 2 rings (SSSR count). The van der Waals surface area contributed by atoms with Gasteiger partial charge < -0.3 is 19.3 Å². The Kier molecular flexibility index (Phi) is 5.76. The van der Waals surface area contributed by atoms with Gasteiger partial charge in [0.1, 0.15) is 12.2 Å². The molecule has 0 spiro atoms. The van der Waals surface area contributed by atoms with Gasteiger partial charge in [-0.2, -0.15) is 0 Å². The molecule has 6 heteroatoms. The van der Waals surface area contributed by atoms with E-state index in [0.717, 1.165) is 5.56 Å². The van der Waals surface area contributed by atoms with Gasteiger partial charge in [0.15, 0.2) is 6.10 Å². The minimum Gasteiger partial charge on any atom is -0.467 e. The summed E-state index contributed by atoms with van der Waals surface area (Å²) in [5, 5.41) is 10.2. The molecule has 1 aromatic rings. The molecule has 1 aliphatic heterocycles. The molecule has 0 saturated carbocycles. The first-order valence-electron chi connectivity index (χ1n) is 6.30. The molecule has 1 aromatic carbocycles. The highest BCUT2D eigenvalue weighted by Gasteiger charge is 2.48. The van der Waals surface area contributed by atoms with Gasteiger partial charge in [0.25, 0.3) is 0 Å². The lowest BCUT2D eigenvalue weighted by Gasteiger charge is -2.19. The summed E-state index contributed by atoms with van der Waals surface area (Å²) in [6.45, 7) is 0.313. The highest BCUT2D eigenvalue weighted by molar-refractivity contribution is 14.1. The maximum absolute atomic E-state index is 11.7. The largest absolute Gasteiger partial charge is 0.467 e. The van der Waals surface area contributed by atoms with E-state index in [9.17, 15) is 9.90 Å². The average Bonchev–Trinajstić information content (AvgIpc) is 2.81. The molecular weight excluding hydrogens is 375 g/mol. The zero-order valence-electron chi connectivity index (χ0n) is 11.1. The lowest BCUT2D eigenvalue weighted by molar-refractivity contribution is -0.159. The Morgan fingerprint density at radius 2 is 2.10 bits per heavy atom. The van der Waals surface area contributed by atoms with Gasteiger partial charge in [0, 0.05) is 4.43 Å². The van der Waals surface area contributed by atoms with E-state index in [1.165, 1.54) is 7.11 Å². The predicted molar refractivity (Wildman–Crippen MR) is 80.6 cm³/mol. The van der Waals surface area contributed by atoms with Crippen LogP contribution < -0.4 is 0 Å². The second kappa shape index (κ2) is 7.35. The molecular formula is C14H17IO5. The zero-order valence-corrected chi connectivity index (χ0v) is 13.2. The molecule has 1 N–H and O–H groups in total. The zero-order chi connectivity index (χ0) is 14.5. The van der Waals surface area contributed by atoms with Crippen LogP contribution in [0.1, 0.15) is 5.56 Å². The molecule has 1 aliphatic rings. The van der Waals surface area contributed by atoms with Crippen LogP contribution in [0.4, 0.5) is 0 Å². The Bertz CT molecular complexity index is 438. The molecule has 0 amide bonds. The first-order valence-corrected chi connectivity index (χ1v) is 7.82. The highest BCUT2D eigenvalue weighted by Crippen LogP contribution is 2.27. The molecule has 1 fully saturated rings. The van der Waals surface area contributed by atoms with E-state index in [1.54, 1.807) is 0 Å². The van der Waals surface area contributed by atoms with Gasteiger partial charge in [-0.15, -0.1) is 0 Å². The topological polar surface area (TPSA) is 65.0 Å². The molecule has 0 aromatic heterocycles. The Labute approximate surface area is 131 Å². The van der Waals surface area contributed by atoms with Gasteiger partial charge in [-0.25, -0.2) is 4.79 Å². The maximum Gasteiger partial charge on any atom is 0.337 e. The fourth-order valence-electron chi connectivity index (χ4n) is 2.12. The van der Waals surface area contributed by atoms with Crippen molar-refractivity contribution in [3.8, 4) is 0 Å². The number of aliphatic hydroxyl groups is 1. The first kappa shape index (κ1) is 15.7. The molecule has 0 aliphatic carbocycles. The van der Waals surface area contributed by atoms with Crippen LogP contribution in [-0.4, -0.2) is 47.0 Å². The van der Waals surface area contributed by atoms with E-state index in [-0.39, 0.29) is 0 Å². The number of carbonyl (C=O) groups excluding carboxylic acids is 1. The van der Waals surface area contributed by atoms with Crippen LogP contribution in [0, 0.1) is 0 Å². The van der Waals surface area contributed by atoms with Crippen LogP contribution in [0.3, 0.4) is 0 Å². The van der Waals surface area contributed by atoms with Crippen molar-refractivity contribution >= 4 is 28.6 Å². The molecule has 1 heterocycles. The van der Waals surface area contributed by atoms with Crippen molar-refractivity contribution in [2.24, 2.45) is 0 Å². The van der Waals surface area contributed by atoms with Gasteiger partial charge in [0.2, 0.25) is 0 Å². The Hall–Kier alpha value is -0.700. The Morgan fingerprint density at radius 3 is 2.70 bits per heavy atom. The monoisotopic (exact) mass is 392 g/mol. The normalized spacial score (nSPS) is 29.4. The number of hydrogen-bond donors (Lipinski definition) is 1. The van der Waals surface area contributed by atoms with E-state index in [4.69, 9.17) is 14.2 Å². The summed E-state index contributed by atoms with van der Waals surface area (Å²) in [6, 6.07) is 9.58. The molecule has 1 saturated heterocycles. The van der Waals surface area contributed by atoms with Crippen LogP contribution >= 0.6 is 22.6 Å². The van der Waals surface area contributed by atoms with Crippen LogP contribution in [0.2, 0.25) is 0 Å². The second-order valence-corrected chi connectivity index (χ2v) is 5.41. The number of hydrogen-bond acceptors (Lipinski definition) is 5. The van der Waals surface area contributed by atoms with Crippen LogP contribution in [0.25, 0.3) is 0 Å². The number of benzene rings is 1. The van der Waals surface area contributed by atoms with Gasteiger partial charge in [-0.3, -0.25) is 0 Å². The van der Waals surface area contributed by atoms with Crippen LogP contribution in [0.5, 0.6) is 0 Å². The van der Waals surface area contributed by atoms with E-state index in [1.807, 2.05) is 30.3 Å². The third-order valence-corrected chi connectivity index (χ3v) is 4.08. The van der Waals surface area contributed by atoms with E-state index in [0.29, 0.717) is 11.0 Å². The van der Waals surface area contributed by atoms with Crippen molar-refractivity contribution in [3.63, 3.8) is 0 Å². The second-order valence-electron chi connectivity index (χ2n) is 4.52. The van der Waals surface area contributed by atoms with Crippen LogP contribution in [-0.2, 0) is 25.6 Å². The van der Waals surface area contributed by atoms with E-state index in [2.05, 4.69) is 22.6 Å². The minimum absolute atomic E-state index is 0.313. The molecule has 110 valence electrons. The summed E-state index contributed by atoms with van der Waals surface area (Å²) in [4.78, 5) is 11.7. The number of halogens is 1. The third-order valence-electron chi connectivity index (χ3n) is 3.21. The SMILES string of the molecule is COC(=O)[C@@H]1O[C@H](CI)[C@@H](O)[C@@H]1OCc1ccccc1. The van der Waals surface area contributed by atoms with Crippen molar-refractivity contribution in [1.29, 1.82) is 0 Å². The van der Waals surface area contributed by atoms with Crippen molar-refractivity contribution in [2.75, 3.05) is 11.5 Å². The molecule has 0 bridgehead atoms. The smallest absolute Gasteiger partial charge is 0.337 e. The first-order chi connectivity index (χ1) is 9.67. The lowest BCUT2D eigenvalue weighted by Crippen LogP contribution is -2.39. The fourth-order valence-corrected chi connectivity index (χ4v) is 2.85. The average molecular weight is 392 g/mol. The highest BCUT2D eigenvalue weighted by atomic mass is 127. The fraction of sp³-hybridized carbons (Fsp3) is 0.500. The summed E-state index contributed by atoms with van der Waals surface area (Å²) < 4.78 is 16.5. The number of esters is 1. The molecule has 4 atom stereocenters. The molecule has 5 nitrogen and oxygen atoms in total. The Balaban J connectivity index is 2.04. The predicted octanol–water partition coefficient (Wildman–Crippen LogP) is 1.31. The van der Waals surface area contributed by atoms with Crippen molar-refractivity contribution < 1.29 is 24.1 Å². The lowest BCUT2D eigenvalue weighted by atomic mass is 10.1. The van der Waals surface area contributed by atoms with Gasteiger partial charge in [-0.1, -0.05) is 52.9 Å². The number of alkyl halides is 1. The third kappa shape index (κ3) is 3.49. The van der Waals surface area contributed by atoms with E-state index >= 15 is 0 Å². The summed E-state index contributed by atoms with van der Waals surface area (Å²) in [5.41, 5.74) is 0.973. The Morgan fingerprint density at radius 1 is 1.40 bits per heavy atom. The summed E-state index contributed by atoms with van der Waals surface area (Å²) >= 11 is 2.11. The number of aliphatic hydroxyl groups excluding tert-OH is 1.